The highest BCUT2D eigenvalue weighted by molar-refractivity contribution is 7.92. The second-order valence-corrected chi connectivity index (χ2v) is 11.5. The maximum Gasteiger partial charge on any atom is 0.264 e. The van der Waals surface area contributed by atoms with Crippen LogP contribution in [-0.2, 0) is 23.0 Å². The third kappa shape index (κ3) is 5.10. The van der Waals surface area contributed by atoms with E-state index in [-0.39, 0.29) is 35.1 Å². The third-order valence-corrected chi connectivity index (χ3v) is 8.74. The molecule has 0 radical (unpaired) electrons. The Morgan fingerprint density at radius 2 is 1.54 bits per heavy atom. The van der Waals surface area contributed by atoms with Crippen LogP contribution in [0.3, 0.4) is 0 Å². The van der Waals surface area contributed by atoms with Crippen molar-refractivity contribution in [2.24, 2.45) is 5.18 Å². The van der Waals surface area contributed by atoms with Crippen LogP contribution in [0, 0.1) is 11.8 Å². The van der Waals surface area contributed by atoms with Crippen LogP contribution in [-0.4, -0.2) is 35.8 Å². The maximum atomic E-state index is 13.7. The molecule has 4 aromatic carbocycles. The largest absolute Gasteiger partial charge is 0.508 e. The van der Waals surface area contributed by atoms with Crippen molar-refractivity contribution >= 4 is 43.2 Å². The normalized spacial score (nSPS) is 12.6. The highest BCUT2D eigenvalue weighted by Crippen LogP contribution is 2.32. The topological polar surface area (TPSA) is 112 Å². The lowest BCUT2D eigenvalue weighted by molar-refractivity contribution is 0.166. The number of phenolic OH excluding ortho intramolecular Hbond substituents is 1. The van der Waals surface area contributed by atoms with E-state index < -0.39 is 16.1 Å². The summed E-state index contributed by atoms with van der Waals surface area (Å²) in [6.45, 7) is 4.07. The van der Waals surface area contributed by atoms with E-state index in [0.29, 0.717) is 0 Å². The summed E-state index contributed by atoms with van der Waals surface area (Å²) in [5.74, 6) is -0.00919. The monoisotopic (exact) mass is 543 g/mol. The van der Waals surface area contributed by atoms with E-state index in [0.717, 1.165) is 38.1 Å². The standard InChI is InChI=1S/C30H29N3O5S/c1-3-21-5-15-30-28(17-21)27-16-20(2)4-14-29(27)32(30)18-25(35)19-33(23-8-10-24(34)11-9-23)39(37,38)26-12-6-22(31-36)7-13-26/h4-17,25,34-35H,3,18-19H2,1-2H3. The minimum Gasteiger partial charge on any atom is -0.508 e. The van der Waals surface area contributed by atoms with Gasteiger partial charge in [-0.2, -0.15) is 0 Å². The number of rotatable bonds is 9. The van der Waals surface area contributed by atoms with Crippen LogP contribution in [0.15, 0.2) is 95.0 Å². The first-order chi connectivity index (χ1) is 18.7. The first-order valence-corrected chi connectivity index (χ1v) is 14.1. The first-order valence-electron chi connectivity index (χ1n) is 12.7. The summed E-state index contributed by atoms with van der Waals surface area (Å²) in [6, 6.07) is 23.5. The highest BCUT2D eigenvalue weighted by atomic mass is 32.2. The second-order valence-electron chi connectivity index (χ2n) is 9.63. The maximum absolute atomic E-state index is 13.7. The van der Waals surface area contributed by atoms with Gasteiger partial charge >= 0.3 is 0 Å². The Morgan fingerprint density at radius 1 is 0.897 bits per heavy atom. The molecule has 9 heteroatoms. The number of hydrogen-bond acceptors (Lipinski definition) is 6. The number of anilines is 1. The minimum absolute atomic E-state index is 0.00919. The molecule has 200 valence electrons. The Hall–Kier alpha value is -4.21. The minimum atomic E-state index is -4.13. The van der Waals surface area contributed by atoms with Gasteiger partial charge in [0.1, 0.15) is 11.4 Å². The average Bonchev–Trinajstić information content (AvgIpc) is 3.23. The summed E-state index contributed by atoms with van der Waals surface area (Å²) >= 11 is 0. The zero-order valence-corrected chi connectivity index (χ0v) is 22.5. The van der Waals surface area contributed by atoms with E-state index in [1.165, 1.54) is 54.1 Å². The molecule has 5 aromatic rings. The lowest BCUT2D eigenvalue weighted by Gasteiger charge is -2.27. The van der Waals surface area contributed by atoms with Gasteiger partial charge in [0.25, 0.3) is 10.0 Å². The van der Waals surface area contributed by atoms with Gasteiger partial charge in [-0.3, -0.25) is 4.31 Å². The predicted molar refractivity (Wildman–Crippen MR) is 154 cm³/mol. The van der Waals surface area contributed by atoms with Crippen LogP contribution in [0.4, 0.5) is 11.4 Å². The number of aliphatic hydroxyl groups is 1. The number of phenols is 1. The number of aryl methyl sites for hydroxylation is 2. The van der Waals surface area contributed by atoms with Crippen molar-refractivity contribution in [2.75, 3.05) is 10.8 Å². The quantitative estimate of drug-likeness (QED) is 0.221. The Bertz CT molecular complexity index is 1760. The van der Waals surface area contributed by atoms with Crippen molar-refractivity contribution < 1.29 is 18.6 Å². The van der Waals surface area contributed by atoms with Crippen LogP contribution in [0.25, 0.3) is 21.8 Å². The van der Waals surface area contributed by atoms with Crippen molar-refractivity contribution in [3.05, 3.63) is 101 Å². The molecule has 0 fully saturated rings. The van der Waals surface area contributed by atoms with Gasteiger partial charge in [0.15, 0.2) is 0 Å². The molecule has 1 unspecified atom stereocenters. The summed E-state index contributed by atoms with van der Waals surface area (Å²) in [7, 11) is -4.13. The number of aliphatic hydroxyl groups excluding tert-OH is 1. The van der Waals surface area contributed by atoms with Gasteiger partial charge in [0.05, 0.1) is 29.8 Å². The molecule has 8 nitrogen and oxygen atoms in total. The molecular weight excluding hydrogens is 514 g/mol. The van der Waals surface area contributed by atoms with Gasteiger partial charge in [-0.1, -0.05) is 24.6 Å². The Kier molecular flexibility index (Phi) is 7.12. The van der Waals surface area contributed by atoms with E-state index in [1.54, 1.807) is 0 Å². The number of aromatic nitrogens is 1. The number of benzene rings is 4. The molecule has 0 aliphatic heterocycles. The van der Waals surface area contributed by atoms with Crippen molar-refractivity contribution in [1.29, 1.82) is 0 Å². The van der Waals surface area contributed by atoms with Crippen LogP contribution < -0.4 is 4.31 Å². The number of fused-ring (bicyclic) bond motifs is 3. The Labute approximate surface area is 226 Å². The second kappa shape index (κ2) is 10.5. The van der Waals surface area contributed by atoms with E-state index in [2.05, 4.69) is 30.3 Å². The van der Waals surface area contributed by atoms with Crippen molar-refractivity contribution in [3.63, 3.8) is 0 Å². The molecule has 0 spiro atoms. The molecule has 0 bridgehead atoms. The fraction of sp³-hybridized carbons (Fsp3) is 0.200. The number of sulfonamides is 1. The molecule has 2 N–H and O–H groups in total. The molecule has 0 saturated heterocycles. The molecule has 0 saturated carbocycles. The van der Waals surface area contributed by atoms with E-state index in [4.69, 9.17) is 0 Å². The lowest BCUT2D eigenvalue weighted by atomic mass is 10.1. The smallest absolute Gasteiger partial charge is 0.264 e. The lowest BCUT2D eigenvalue weighted by Crippen LogP contribution is -2.39. The average molecular weight is 544 g/mol. The van der Waals surface area contributed by atoms with Gasteiger partial charge in [-0.05, 0) is 96.9 Å². The fourth-order valence-electron chi connectivity index (χ4n) is 4.91. The molecule has 1 aromatic heterocycles. The Morgan fingerprint density at radius 3 is 2.18 bits per heavy atom. The Balaban J connectivity index is 1.54. The van der Waals surface area contributed by atoms with Crippen LogP contribution in [0.5, 0.6) is 5.75 Å². The number of nitroso groups, excluding NO2 is 1. The molecule has 39 heavy (non-hydrogen) atoms. The number of nitrogens with zero attached hydrogens (tertiary/aromatic N) is 3. The molecular formula is C30H29N3O5S. The van der Waals surface area contributed by atoms with Crippen LogP contribution in [0.2, 0.25) is 0 Å². The summed E-state index contributed by atoms with van der Waals surface area (Å²) in [5.41, 5.74) is 4.66. The molecule has 1 heterocycles. The summed E-state index contributed by atoms with van der Waals surface area (Å²) in [5, 5.41) is 26.1. The van der Waals surface area contributed by atoms with E-state index >= 15 is 0 Å². The third-order valence-electron chi connectivity index (χ3n) is 6.93. The van der Waals surface area contributed by atoms with E-state index in [1.807, 2.05) is 29.7 Å². The van der Waals surface area contributed by atoms with Gasteiger partial charge in [0, 0.05) is 21.8 Å². The van der Waals surface area contributed by atoms with Gasteiger partial charge in [-0.25, -0.2) is 8.42 Å². The highest BCUT2D eigenvalue weighted by Gasteiger charge is 2.28. The van der Waals surface area contributed by atoms with Crippen molar-refractivity contribution in [3.8, 4) is 5.75 Å². The number of hydrogen-bond donors (Lipinski definition) is 2. The molecule has 0 amide bonds. The number of aromatic hydroxyl groups is 1. The van der Waals surface area contributed by atoms with Crippen molar-refractivity contribution in [1.82, 2.24) is 4.57 Å². The summed E-state index contributed by atoms with van der Waals surface area (Å²) in [4.78, 5) is 10.8. The zero-order valence-electron chi connectivity index (χ0n) is 21.7. The fourth-order valence-corrected chi connectivity index (χ4v) is 6.41. The zero-order chi connectivity index (χ0) is 27.7. The van der Waals surface area contributed by atoms with Crippen molar-refractivity contribution in [2.45, 2.75) is 37.8 Å². The van der Waals surface area contributed by atoms with Crippen LogP contribution in [0.1, 0.15) is 18.1 Å². The van der Waals surface area contributed by atoms with E-state index in [9.17, 15) is 23.5 Å². The van der Waals surface area contributed by atoms with Crippen LogP contribution >= 0.6 is 0 Å². The first kappa shape index (κ1) is 26.4. The van der Waals surface area contributed by atoms with Gasteiger partial charge < -0.3 is 14.8 Å². The molecule has 5 rings (SSSR count). The SMILES string of the molecule is CCc1ccc2c(c1)c1cc(C)ccc1n2CC(O)CN(c1ccc(O)cc1)S(=O)(=O)c1ccc(N=O)cc1. The predicted octanol–water partition coefficient (Wildman–Crippen LogP) is 6.03. The molecule has 0 aliphatic carbocycles. The molecule has 1 atom stereocenters. The summed E-state index contributed by atoms with van der Waals surface area (Å²) < 4.78 is 30.6. The summed E-state index contributed by atoms with van der Waals surface area (Å²) in [6.07, 6.45) is -0.170. The van der Waals surface area contributed by atoms with Gasteiger partial charge in [0.2, 0.25) is 0 Å². The molecule has 0 aliphatic rings. The van der Waals surface area contributed by atoms with Gasteiger partial charge in [-0.15, -0.1) is 4.91 Å².